The topological polar surface area (TPSA) is 55.4 Å². The maximum Gasteiger partial charge on any atom is 0.252 e. The number of rotatable bonds is 4. The highest BCUT2D eigenvalue weighted by Crippen LogP contribution is 2.12. The van der Waals surface area contributed by atoms with Crippen molar-refractivity contribution < 1.29 is 14.3 Å². The first-order valence-corrected chi connectivity index (χ1v) is 4.32. The monoisotopic (exact) mass is 187 g/mol. The summed E-state index contributed by atoms with van der Waals surface area (Å²) in [4.78, 5) is 21.4. The van der Waals surface area contributed by atoms with Crippen LogP contribution >= 0.6 is 0 Å². The van der Waals surface area contributed by atoms with Gasteiger partial charge in [0.15, 0.2) is 0 Å². The fourth-order valence-corrected chi connectivity index (χ4v) is 0.595. The summed E-state index contributed by atoms with van der Waals surface area (Å²) in [5.74, 6) is -0.753. The Morgan fingerprint density at radius 1 is 1.38 bits per heavy atom. The predicted molar refractivity (Wildman–Crippen MR) is 49.1 cm³/mol. The van der Waals surface area contributed by atoms with E-state index in [0.29, 0.717) is 0 Å². The van der Waals surface area contributed by atoms with Gasteiger partial charge in [-0.1, -0.05) is 6.92 Å². The Morgan fingerprint density at radius 2 is 1.92 bits per heavy atom. The summed E-state index contributed by atoms with van der Waals surface area (Å²) in [6.07, 6.45) is 0.820. The van der Waals surface area contributed by atoms with Crippen LogP contribution in [0.5, 0.6) is 0 Å². The van der Waals surface area contributed by atoms with Crippen LogP contribution in [0.1, 0.15) is 34.1 Å². The van der Waals surface area contributed by atoms with Crippen LogP contribution in [0, 0.1) is 0 Å². The largest absolute Gasteiger partial charge is 0.366 e. The fraction of sp³-hybridized carbons (Fsp3) is 0.778. The summed E-state index contributed by atoms with van der Waals surface area (Å²) in [6, 6.07) is 0. The van der Waals surface area contributed by atoms with E-state index in [1.807, 2.05) is 20.8 Å². The number of imide groups is 1. The van der Waals surface area contributed by atoms with E-state index in [1.54, 1.807) is 0 Å². The van der Waals surface area contributed by atoms with Gasteiger partial charge in [0.05, 0.1) is 5.60 Å². The number of hydrogen-bond acceptors (Lipinski definition) is 3. The molecule has 0 aliphatic heterocycles. The number of ether oxygens (including phenoxy) is 1. The molecule has 0 aromatic heterocycles. The highest BCUT2D eigenvalue weighted by atomic mass is 16.5. The molecule has 0 saturated carbocycles. The molecule has 0 aromatic rings. The lowest BCUT2D eigenvalue weighted by atomic mass is 10.1. The molecular formula is C9H17NO3. The molecule has 4 nitrogen and oxygen atoms in total. The average Bonchev–Trinajstić information content (AvgIpc) is 2.00. The van der Waals surface area contributed by atoms with Crippen LogP contribution in [-0.2, 0) is 14.3 Å². The Bertz CT molecular complexity index is 199. The highest BCUT2D eigenvalue weighted by Gasteiger charge is 2.17. The molecule has 0 bridgehead atoms. The molecule has 2 amide bonds. The first kappa shape index (κ1) is 12.1. The summed E-state index contributed by atoms with van der Waals surface area (Å²) in [5, 5.41) is 2.14. The van der Waals surface area contributed by atoms with Crippen molar-refractivity contribution in [2.24, 2.45) is 0 Å². The Kier molecular flexibility index (Phi) is 4.62. The van der Waals surface area contributed by atoms with Crippen LogP contribution < -0.4 is 5.32 Å². The van der Waals surface area contributed by atoms with Crippen molar-refractivity contribution in [3.63, 3.8) is 0 Å². The molecule has 0 rings (SSSR count). The van der Waals surface area contributed by atoms with Crippen molar-refractivity contribution in [1.82, 2.24) is 5.32 Å². The van der Waals surface area contributed by atoms with Crippen LogP contribution in [0.25, 0.3) is 0 Å². The lowest BCUT2D eigenvalue weighted by Gasteiger charge is -2.22. The van der Waals surface area contributed by atoms with Gasteiger partial charge in [0, 0.05) is 6.92 Å². The number of carbonyl (C=O) groups excluding carboxylic acids is 2. The van der Waals surface area contributed by atoms with Gasteiger partial charge in [-0.2, -0.15) is 0 Å². The van der Waals surface area contributed by atoms with E-state index in [1.165, 1.54) is 6.92 Å². The Morgan fingerprint density at radius 3 is 2.31 bits per heavy atom. The molecule has 0 aromatic carbocycles. The number of carbonyl (C=O) groups is 2. The smallest absolute Gasteiger partial charge is 0.252 e. The van der Waals surface area contributed by atoms with E-state index < -0.39 is 5.91 Å². The standard InChI is InChI=1S/C9H17NO3/c1-5-9(3,4)13-6-8(12)10-7(2)11/h5-6H2,1-4H3,(H,10,11,12). The second kappa shape index (κ2) is 4.97. The summed E-state index contributed by atoms with van der Waals surface area (Å²) in [7, 11) is 0. The van der Waals surface area contributed by atoms with Gasteiger partial charge in [0.1, 0.15) is 6.61 Å². The third kappa shape index (κ3) is 6.28. The summed E-state index contributed by atoms with van der Waals surface area (Å²) >= 11 is 0. The number of amides is 2. The molecule has 0 aliphatic rings. The van der Waals surface area contributed by atoms with Crippen molar-refractivity contribution in [3.05, 3.63) is 0 Å². The van der Waals surface area contributed by atoms with Crippen molar-refractivity contribution in [3.8, 4) is 0 Å². The van der Waals surface area contributed by atoms with Crippen molar-refractivity contribution in [1.29, 1.82) is 0 Å². The van der Waals surface area contributed by atoms with Gasteiger partial charge in [0.2, 0.25) is 5.91 Å². The SMILES string of the molecule is CCC(C)(C)OCC(=O)NC(C)=O. The number of hydrogen-bond donors (Lipinski definition) is 1. The van der Waals surface area contributed by atoms with Crippen molar-refractivity contribution in [2.45, 2.75) is 39.7 Å². The molecule has 4 heteroatoms. The number of nitrogens with one attached hydrogen (secondary N) is 1. The Hall–Kier alpha value is -0.900. The maximum atomic E-state index is 11.0. The maximum absolute atomic E-state index is 11.0. The van der Waals surface area contributed by atoms with E-state index >= 15 is 0 Å². The van der Waals surface area contributed by atoms with Crippen LogP contribution in [0.4, 0.5) is 0 Å². The van der Waals surface area contributed by atoms with E-state index in [-0.39, 0.29) is 18.1 Å². The second-order valence-electron chi connectivity index (χ2n) is 3.51. The first-order valence-electron chi connectivity index (χ1n) is 4.32. The lowest BCUT2D eigenvalue weighted by Crippen LogP contribution is -2.35. The van der Waals surface area contributed by atoms with E-state index in [0.717, 1.165) is 6.42 Å². The van der Waals surface area contributed by atoms with E-state index in [9.17, 15) is 9.59 Å². The first-order chi connectivity index (χ1) is 5.87. The minimum absolute atomic E-state index is 0.0690. The molecule has 1 N–H and O–H groups in total. The van der Waals surface area contributed by atoms with Gasteiger partial charge < -0.3 is 4.74 Å². The van der Waals surface area contributed by atoms with Crippen LogP contribution in [0.2, 0.25) is 0 Å². The van der Waals surface area contributed by atoms with Crippen molar-refractivity contribution in [2.75, 3.05) is 6.61 Å². The zero-order valence-corrected chi connectivity index (χ0v) is 8.64. The van der Waals surface area contributed by atoms with Gasteiger partial charge in [0.25, 0.3) is 5.91 Å². The highest BCUT2D eigenvalue weighted by molar-refractivity contribution is 5.94. The zero-order valence-electron chi connectivity index (χ0n) is 8.64. The summed E-state index contributed by atoms with van der Waals surface area (Å²) in [6.45, 7) is 6.99. The molecule has 0 radical (unpaired) electrons. The van der Waals surface area contributed by atoms with Crippen LogP contribution in [-0.4, -0.2) is 24.0 Å². The van der Waals surface area contributed by atoms with Gasteiger partial charge in [-0.3, -0.25) is 14.9 Å². The van der Waals surface area contributed by atoms with Crippen LogP contribution in [0.15, 0.2) is 0 Å². The third-order valence-corrected chi connectivity index (χ3v) is 1.76. The molecule has 0 heterocycles. The Labute approximate surface area is 78.6 Å². The minimum Gasteiger partial charge on any atom is -0.366 e. The molecule has 0 spiro atoms. The van der Waals surface area contributed by atoms with Gasteiger partial charge >= 0.3 is 0 Å². The molecule has 76 valence electrons. The molecular weight excluding hydrogens is 170 g/mol. The Balaban J connectivity index is 3.76. The minimum atomic E-state index is -0.394. The summed E-state index contributed by atoms with van der Waals surface area (Å²) in [5.41, 5.74) is -0.311. The predicted octanol–water partition coefficient (Wildman–Crippen LogP) is 0.854. The third-order valence-electron chi connectivity index (χ3n) is 1.76. The molecule has 0 fully saturated rings. The van der Waals surface area contributed by atoms with Crippen molar-refractivity contribution >= 4 is 11.8 Å². The molecule has 0 saturated heterocycles. The fourth-order valence-electron chi connectivity index (χ4n) is 0.595. The normalized spacial score (nSPS) is 11.1. The average molecular weight is 187 g/mol. The van der Waals surface area contributed by atoms with Gasteiger partial charge in [-0.05, 0) is 20.3 Å². The second-order valence-corrected chi connectivity index (χ2v) is 3.51. The molecule has 0 aliphatic carbocycles. The molecule has 0 unspecified atom stereocenters. The van der Waals surface area contributed by atoms with E-state index in [4.69, 9.17) is 4.74 Å². The molecule has 0 atom stereocenters. The van der Waals surface area contributed by atoms with E-state index in [2.05, 4.69) is 5.32 Å². The van der Waals surface area contributed by atoms with Gasteiger partial charge in [-0.15, -0.1) is 0 Å². The quantitative estimate of drug-likeness (QED) is 0.710. The zero-order chi connectivity index (χ0) is 10.5. The van der Waals surface area contributed by atoms with Gasteiger partial charge in [-0.25, -0.2) is 0 Å². The molecule has 13 heavy (non-hydrogen) atoms. The lowest BCUT2D eigenvalue weighted by molar-refractivity contribution is -0.136. The summed E-state index contributed by atoms with van der Waals surface area (Å²) < 4.78 is 5.28. The van der Waals surface area contributed by atoms with Crippen LogP contribution in [0.3, 0.4) is 0 Å².